The highest BCUT2D eigenvalue weighted by Gasteiger charge is 2.26. The molecule has 1 aromatic rings. The summed E-state index contributed by atoms with van der Waals surface area (Å²) >= 11 is 0. The Hall–Kier alpha value is -2.08. The minimum atomic E-state index is -0.146. The number of benzene rings is 1. The van der Waals surface area contributed by atoms with E-state index in [2.05, 4.69) is 10.6 Å². The third-order valence-corrected chi connectivity index (χ3v) is 3.98. The van der Waals surface area contributed by atoms with Gasteiger partial charge in [-0.05, 0) is 38.5 Å². The monoisotopic (exact) mass is 333 g/mol. The van der Waals surface area contributed by atoms with Crippen LogP contribution in [-0.2, 0) is 9.53 Å². The predicted molar refractivity (Wildman–Crippen MR) is 95.2 cm³/mol. The second kappa shape index (κ2) is 7.66. The van der Waals surface area contributed by atoms with E-state index in [1.807, 2.05) is 46.8 Å². The summed E-state index contributed by atoms with van der Waals surface area (Å²) in [6.45, 7) is 10.7. The average molecular weight is 333 g/mol. The molecule has 0 unspecified atom stereocenters. The Labute approximate surface area is 143 Å². The standard InChI is InChI=1S/C18H27N3O3/c1-11(2)17(22)19-15-7-6-12(3)16(8-15)20-18(23)21-9-13(4)24-14(5)10-21/h6-8,11,13-14H,9-10H2,1-5H3,(H,19,22)(H,20,23)/t13-,14-/m1/s1. The van der Waals surface area contributed by atoms with E-state index in [0.29, 0.717) is 24.5 Å². The molecule has 0 aliphatic carbocycles. The van der Waals surface area contributed by atoms with E-state index in [-0.39, 0.29) is 30.1 Å². The van der Waals surface area contributed by atoms with Crippen molar-refractivity contribution in [3.8, 4) is 0 Å². The molecule has 2 N–H and O–H groups in total. The summed E-state index contributed by atoms with van der Waals surface area (Å²) in [5.41, 5.74) is 2.33. The Morgan fingerprint density at radius 3 is 2.38 bits per heavy atom. The Morgan fingerprint density at radius 1 is 1.17 bits per heavy atom. The second-order valence-corrected chi connectivity index (χ2v) is 6.77. The van der Waals surface area contributed by atoms with Crippen LogP contribution in [0.1, 0.15) is 33.3 Å². The van der Waals surface area contributed by atoms with E-state index in [1.54, 1.807) is 11.0 Å². The third kappa shape index (κ3) is 4.71. The fourth-order valence-electron chi connectivity index (χ4n) is 2.66. The molecule has 1 aromatic carbocycles. The molecule has 24 heavy (non-hydrogen) atoms. The van der Waals surface area contributed by atoms with Crippen molar-refractivity contribution in [3.05, 3.63) is 23.8 Å². The van der Waals surface area contributed by atoms with E-state index in [1.165, 1.54) is 0 Å². The van der Waals surface area contributed by atoms with Crippen LogP contribution >= 0.6 is 0 Å². The van der Waals surface area contributed by atoms with Crippen molar-refractivity contribution in [2.45, 2.75) is 46.8 Å². The molecule has 1 fully saturated rings. The molecule has 0 bridgehead atoms. The molecule has 6 nitrogen and oxygen atoms in total. The van der Waals surface area contributed by atoms with Crippen molar-refractivity contribution < 1.29 is 14.3 Å². The first-order chi connectivity index (χ1) is 11.3. The van der Waals surface area contributed by atoms with Gasteiger partial charge in [0.15, 0.2) is 0 Å². The van der Waals surface area contributed by atoms with Crippen molar-refractivity contribution >= 4 is 23.3 Å². The number of rotatable bonds is 3. The number of hydrogen-bond donors (Lipinski definition) is 2. The lowest BCUT2D eigenvalue weighted by molar-refractivity contribution is -0.118. The van der Waals surface area contributed by atoms with Crippen molar-refractivity contribution in [2.75, 3.05) is 23.7 Å². The summed E-state index contributed by atoms with van der Waals surface area (Å²) in [6.07, 6.45) is 0.0505. The van der Waals surface area contributed by atoms with Crippen LogP contribution in [0.2, 0.25) is 0 Å². The number of aryl methyl sites for hydroxylation is 1. The highest BCUT2D eigenvalue weighted by molar-refractivity contribution is 5.94. The highest BCUT2D eigenvalue weighted by atomic mass is 16.5. The van der Waals surface area contributed by atoms with Gasteiger partial charge in [-0.2, -0.15) is 0 Å². The van der Waals surface area contributed by atoms with Gasteiger partial charge >= 0.3 is 6.03 Å². The summed E-state index contributed by atoms with van der Waals surface area (Å²) in [5.74, 6) is -0.146. The van der Waals surface area contributed by atoms with E-state index < -0.39 is 0 Å². The number of morpholine rings is 1. The number of urea groups is 1. The van der Waals surface area contributed by atoms with E-state index in [0.717, 1.165) is 5.56 Å². The van der Waals surface area contributed by atoms with E-state index in [4.69, 9.17) is 4.74 Å². The molecule has 0 spiro atoms. The number of nitrogens with one attached hydrogen (secondary N) is 2. The maximum absolute atomic E-state index is 12.5. The molecule has 1 aliphatic heterocycles. The van der Waals surface area contributed by atoms with Gasteiger partial charge in [-0.25, -0.2) is 4.79 Å². The number of nitrogens with zero attached hydrogens (tertiary/aromatic N) is 1. The maximum Gasteiger partial charge on any atom is 0.322 e. The minimum Gasteiger partial charge on any atom is -0.372 e. The number of carbonyl (C=O) groups is 2. The molecule has 2 rings (SSSR count). The Bertz CT molecular complexity index is 606. The van der Waals surface area contributed by atoms with Crippen LogP contribution in [0.15, 0.2) is 18.2 Å². The zero-order valence-corrected chi connectivity index (χ0v) is 15.1. The molecule has 1 aliphatic rings. The molecule has 2 atom stereocenters. The van der Waals surface area contributed by atoms with E-state index in [9.17, 15) is 9.59 Å². The summed E-state index contributed by atoms with van der Waals surface area (Å²) in [5, 5.41) is 5.80. The Kier molecular flexibility index (Phi) is 5.83. The quantitative estimate of drug-likeness (QED) is 0.892. The average Bonchev–Trinajstić information content (AvgIpc) is 2.49. The van der Waals surface area contributed by atoms with Gasteiger partial charge in [-0.3, -0.25) is 4.79 Å². The van der Waals surface area contributed by atoms with Gasteiger partial charge in [0, 0.05) is 30.4 Å². The number of ether oxygens (including phenoxy) is 1. The molecule has 6 heteroatoms. The number of carbonyl (C=O) groups excluding carboxylic acids is 2. The summed E-state index contributed by atoms with van der Waals surface area (Å²) in [4.78, 5) is 26.1. The number of hydrogen-bond acceptors (Lipinski definition) is 3. The smallest absolute Gasteiger partial charge is 0.322 e. The van der Waals surface area contributed by atoms with Crippen LogP contribution in [0.3, 0.4) is 0 Å². The molecule has 0 aromatic heterocycles. The SMILES string of the molecule is Cc1ccc(NC(=O)C(C)C)cc1NC(=O)N1C[C@@H](C)O[C@H](C)C1. The lowest BCUT2D eigenvalue weighted by atomic mass is 10.1. The van der Waals surface area contributed by atoms with Crippen LogP contribution in [0.25, 0.3) is 0 Å². The largest absolute Gasteiger partial charge is 0.372 e. The highest BCUT2D eigenvalue weighted by Crippen LogP contribution is 2.22. The topological polar surface area (TPSA) is 70.7 Å². The molecule has 0 saturated carbocycles. The van der Waals surface area contributed by atoms with Crippen LogP contribution in [0.5, 0.6) is 0 Å². The normalized spacial score (nSPS) is 20.8. The summed E-state index contributed by atoms with van der Waals surface area (Å²) in [6, 6.07) is 5.37. The molecule has 0 radical (unpaired) electrons. The van der Waals surface area contributed by atoms with Crippen LogP contribution < -0.4 is 10.6 Å². The third-order valence-electron chi connectivity index (χ3n) is 3.98. The minimum absolute atomic E-state index is 0.0252. The van der Waals surface area contributed by atoms with Gasteiger partial charge in [0.25, 0.3) is 0 Å². The fraction of sp³-hybridized carbons (Fsp3) is 0.556. The first-order valence-corrected chi connectivity index (χ1v) is 8.39. The van der Waals surface area contributed by atoms with Crippen molar-refractivity contribution in [1.82, 2.24) is 4.90 Å². The van der Waals surface area contributed by atoms with Crippen molar-refractivity contribution in [2.24, 2.45) is 5.92 Å². The van der Waals surface area contributed by atoms with Crippen molar-refractivity contribution in [3.63, 3.8) is 0 Å². The zero-order chi connectivity index (χ0) is 17.9. The first kappa shape index (κ1) is 18.3. The number of amides is 3. The number of anilines is 2. The van der Waals surface area contributed by atoms with Crippen LogP contribution in [-0.4, -0.2) is 42.1 Å². The van der Waals surface area contributed by atoms with Gasteiger partial charge in [-0.1, -0.05) is 19.9 Å². The Balaban J connectivity index is 2.08. The van der Waals surface area contributed by atoms with Gasteiger partial charge in [0.2, 0.25) is 5.91 Å². The van der Waals surface area contributed by atoms with Gasteiger partial charge in [0.05, 0.1) is 12.2 Å². The maximum atomic E-state index is 12.5. The van der Waals surface area contributed by atoms with Gasteiger partial charge < -0.3 is 20.3 Å². The summed E-state index contributed by atoms with van der Waals surface area (Å²) < 4.78 is 5.66. The molecule has 3 amide bonds. The van der Waals surface area contributed by atoms with Crippen LogP contribution in [0.4, 0.5) is 16.2 Å². The summed E-state index contributed by atoms with van der Waals surface area (Å²) in [7, 11) is 0. The van der Waals surface area contributed by atoms with Gasteiger partial charge in [0.1, 0.15) is 0 Å². The zero-order valence-electron chi connectivity index (χ0n) is 15.1. The van der Waals surface area contributed by atoms with Crippen LogP contribution in [0, 0.1) is 12.8 Å². The lowest BCUT2D eigenvalue weighted by Crippen LogP contribution is -2.49. The molecule has 1 heterocycles. The first-order valence-electron chi connectivity index (χ1n) is 8.39. The fourth-order valence-corrected chi connectivity index (χ4v) is 2.66. The molecular formula is C18H27N3O3. The molecule has 1 saturated heterocycles. The molecular weight excluding hydrogens is 306 g/mol. The van der Waals surface area contributed by atoms with Crippen molar-refractivity contribution in [1.29, 1.82) is 0 Å². The van der Waals surface area contributed by atoms with Gasteiger partial charge in [-0.15, -0.1) is 0 Å². The lowest BCUT2D eigenvalue weighted by Gasteiger charge is -2.35. The van der Waals surface area contributed by atoms with E-state index >= 15 is 0 Å². The second-order valence-electron chi connectivity index (χ2n) is 6.77. The predicted octanol–water partition coefficient (Wildman–Crippen LogP) is 3.23. The Morgan fingerprint density at radius 2 is 1.79 bits per heavy atom. The molecule has 132 valence electrons.